The third kappa shape index (κ3) is 8.57. The van der Waals surface area contributed by atoms with E-state index in [0.717, 1.165) is 50.1 Å². The van der Waals surface area contributed by atoms with E-state index in [4.69, 9.17) is 4.74 Å². The first-order valence-corrected chi connectivity index (χ1v) is 11.3. The van der Waals surface area contributed by atoms with E-state index in [2.05, 4.69) is 39.4 Å². The normalized spacial score (nSPS) is 16.0. The molecule has 0 saturated carbocycles. The van der Waals surface area contributed by atoms with Crippen molar-refractivity contribution in [3.8, 4) is 0 Å². The second-order valence-electron chi connectivity index (χ2n) is 8.00. The average Bonchev–Trinajstić information content (AvgIpc) is 3.13. The molecule has 0 atom stereocenters. The fraction of sp³-hybridized carbons (Fsp3) is 0.750. The van der Waals surface area contributed by atoms with Crippen LogP contribution in [0, 0.1) is 0 Å². The first-order chi connectivity index (χ1) is 13.8. The molecule has 9 heteroatoms. The molecule has 1 amide bonds. The van der Waals surface area contributed by atoms with Gasteiger partial charge >= 0.3 is 6.09 Å². The van der Waals surface area contributed by atoms with Crippen LogP contribution in [0.5, 0.6) is 0 Å². The van der Waals surface area contributed by atoms with Crippen LogP contribution < -0.4 is 10.6 Å². The molecule has 0 unspecified atom stereocenters. The molecule has 0 aromatic carbocycles. The smallest absolute Gasteiger partial charge is 0.410 e. The maximum atomic E-state index is 12.1. The summed E-state index contributed by atoms with van der Waals surface area (Å²) >= 11 is 1.72. The maximum absolute atomic E-state index is 12.1. The summed E-state index contributed by atoms with van der Waals surface area (Å²) in [6.45, 7) is 16.1. The second-order valence-corrected chi connectivity index (χ2v) is 9.20. The van der Waals surface area contributed by atoms with E-state index >= 15 is 0 Å². The molecule has 1 aromatic rings. The van der Waals surface area contributed by atoms with E-state index < -0.39 is 5.60 Å². The number of aromatic nitrogens is 1. The van der Waals surface area contributed by atoms with E-state index in [1.54, 1.807) is 16.2 Å². The first kappa shape index (κ1) is 23.4. The largest absolute Gasteiger partial charge is 0.444 e. The summed E-state index contributed by atoms with van der Waals surface area (Å²) in [5.74, 6) is 0.813. The summed E-state index contributed by atoms with van der Waals surface area (Å²) in [7, 11) is 0. The Hall–Kier alpha value is -1.87. The summed E-state index contributed by atoms with van der Waals surface area (Å²) in [5, 5.41) is 7.71. The highest BCUT2D eigenvalue weighted by Crippen LogP contribution is 2.14. The molecular weight excluding hydrogens is 388 g/mol. The minimum absolute atomic E-state index is 0.217. The van der Waals surface area contributed by atoms with Crippen molar-refractivity contribution in [2.75, 3.05) is 45.8 Å². The third-order valence-corrected chi connectivity index (χ3v) is 5.54. The topological polar surface area (TPSA) is 82.1 Å². The Labute approximate surface area is 178 Å². The molecule has 0 aliphatic carbocycles. The summed E-state index contributed by atoms with van der Waals surface area (Å²) in [5.41, 5.74) is -0.448. The molecule has 0 radical (unpaired) electrons. The molecule has 0 bridgehead atoms. The molecule has 2 N–H and O–H groups in total. The lowest BCUT2D eigenvalue weighted by molar-refractivity contribution is 0.0147. The number of ether oxygens (including phenoxy) is 1. The van der Waals surface area contributed by atoms with Crippen LogP contribution in [0.3, 0.4) is 0 Å². The quantitative estimate of drug-likeness (QED) is 0.516. The fourth-order valence-corrected chi connectivity index (χ4v) is 3.67. The minimum Gasteiger partial charge on any atom is -0.444 e. The molecule has 1 saturated heterocycles. The number of carbonyl (C=O) groups is 1. The number of aliphatic imine (C=N–C) groups is 1. The van der Waals surface area contributed by atoms with Gasteiger partial charge in [-0.2, -0.15) is 0 Å². The van der Waals surface area contributed by atoms with Gasteiger partial charge in [-0.25, -0.2) is 14.8 Å². The zero-order chi connectivity index (χ0) is 21.3. The highest BCUT2D eigenvalue weighted by atomic mass is 32.1. The molecule has 2 heterocycles. The fourth-order valence-electron chi connectivity index (χ4n) is 2.89. The van der Waals surface area contributed by atoms with E-state index in [1.807, 2.05) is 27.0 Å². The van der Waals surface area contributed by atoms with Crippen molar-refractivity contribution in [1.82, 2.24) is 25.4 Å². The van der Waals surface area contributed by atoms with E-state index in [1.165, 1.54) is 4.88 Å². The summed E-state index contributed by atoms with van der Waals surface area (Å²) in [4.78, 5) is 26.6. The van der Waals surface area contributed by atoms with Gasteiger partial charge in [-0.3, -0.25) is 4.90 Å². The van der Waals surface area contributed by atoms with Gasteiger partial charge < -0.3 is 20.3 Å². The standard InChI is InChI=1S/C20H36N6O2S/c1-6-16-14-23-17(29-16)15-24-18(21-7-2)22-8-9-25-10-12-26(13-11-25)19(27)28-20(3,4)5/h14H,6-13,15H2,1-5H3,(H2,21,22,24). The highest BCUT2D eigenvalue weighted by Gasteiger charge is 2.25. The van der Waals surface area contributed by atoms with Gasteiger partial charge in [0.15, 0.2) is 5.96 Å². The first-order valence-electron chi connectivity index (χ1n) is 10.5. The predicted octanol–water partition coefficient (Wildman–Crippen LogP) is 2.31. The number of aryl methyl sites for hydroxylation is 1. The lowest BCUT2D eigenvalue weighted by Crippen LogP contribution is -2.51. The van der Waals surface area contributed by atoms with Crippen LogP contribution in [-0.2, 0) is 17.7 Å². The van der Waals surface area contributed by atoms with Gasteiger partial charge in [0.1, 0.15) is 10.6 Å². The molecule has 0 spiro atoms. The highest BCUT2D eigenvalue weighted by molar-refractivity contribution is 7.11. The van der Waals surface area contributed by atoms with Crippen LogP contribution in [0.15, 0.2) is 11.2 Å². The molecule has 1 aliphatic heterocycles. The summed E-state index contributed by atoms with van der Waals surface area (Å²) in [6.07, 6.45) is 2.73. The number of amides is 1. The Bertz CT molecular complexity index is 662. The molecule has 1 fully saturated rings. The maximum Gasteiger partial charge on any atom is 0.410 e. The Morgan fingerprint density at radius 3 is 2.55 bits per heavy atom. The number of nitrogens with zero attached hydrogens (tertiary/aromatic N) is 4. The van der Waals surface area contributed by atoms with Crippen molar-refractivity contribution < 1.29 is 9.53 Å². The average molecular weight is 425 g/mol. The number of guanidine groups is 1. The summed E-state index contributed by atoms with van der Waals surface area (Å²) < 4.78 is 5.45. The zero-order valence-corrected chi connectivity index (χ0v) is 19.3. The second kappa shape index (κ2) is 11.3. The number of hydrogen-bond acceptors (Lipinski definition) is 6. The Morgan fingerprint density at radius 1 is 1.24 bits per heavy atom. The number of rotatable bonds is 7. The van der Waals surface area contributed by atoms with E-state index in [-0.39, 0.29) is 6.09 Å². The van der Waals surface area contributed by atoms with Gasteiger partial charge in [-0.1, -0.05) is 6.92 Å². The molecule has 2 rings (SSSR count). The van der Waals surface area contributed by atoms with E-state index in [0.29, 0.717) is 19.6 Å². The SMILES string of the molecule is CCNC(=NCc1ncc(CC)s1)NCCN1CCN(C(=O)OC(C)(C)C)CC1. The van der Waals surface area contributed by atoms with Crippen molar-refractivity contribution >= 4 is 23.4 Å². The molecule has 1 aromatic heterocycles. The predicted molar refractivity (Wildman–Crippen MR) is 119 cm³/mol. The van der Waals surface area contributed by atoms with Crippen molar-refractivity contribution in [3.05, 3.63) is 16.1 Å². The lowest BCUT2D eigenvalue weighted by atomic mass is 10.2. The van der Waals surface area contributed by atoms with Crippen LogP contribution in [-0.4, -0.2) is 78.3 Å². The number of piperazine rings is 1. The van der Waals surface area contributed by atoms with Crippen LogP contribution >= 0.6 is 11.3 Å². The monoisotopic (exact) mass is 424 g/mol. The summed E-state index contributed by atoms with van der Waals surface area (Å²) in [6, 6.07) is 0. The molecule has 8 nitrogen and oxygen atoms in total. The van der Waals surface area contributed by atoms with Gasteiger partial charge in [-0.05, 0) is 34.1 Å². The van der Waals surface area contributed by atoms with Crippen LogP contribution in [0.4, 0.5) is 4.79 Å². The Balaban J connectivity index is 1.72. The molecule has 1 aliphatic rings. The van der Waals surface area contributed by atoms with Gasteiger partial charge in [0, 0.05) is 56.9 Å². The van der Waals surface area contributed by atoms with Crippen molar-refractivity contribution in [2.45, 2.75) is 53.2 Å². The van der Waals surface area contributed by atoms with Crippen molar-refractivity contribution in [2.24, 2.45) is 4.99 Å². The van der Waals surface area contributed by atoms with Gasteiger partial charge in [0.25, 0.3) is 0 Å². The zero-order valence-electron chi connectivity index (χ0n) is 18.5. The minimum atomic E-state index is -0.448. The van der Waals surface area contributed by atoms with Crippen molar-refractivity contribution in [3.63, 3.8) is 0 Å². The molecule has 29 heavy (non-hydrogen) atoms. The number of thiazole rings is 1. The van der Waals surface area contributed by atoms with Crippen molar-refractivity contribution in [1.29, 1.82) is 0 Å². The van der Waals surface area contributed by atoms with E-state index in [9.17, 15) is 4.79 Å². The Morgan fingerprint density at radius 2 is 1.97 bits per heavy atom. The molecule has 164 valence electrons. The number of carbonyl (C=O) groups excluding carboxylic acids is 1. The number of nitrogens with one attached hydrogen (secondary N) is 2. The Kier molecular flexibility index (Phi) is 9.16. The van der Waals surface area contributed by atoms with Gasteiger partial charge in [0.05, 0.1) is 6.54 Å². The lowest BCUT2D eigenvalue weighted by Gasteiger charge is -2.35. The van der Waals surface area contributed by atoms with Gasteiger partial charge in [0.2, 0.25) is 0 Å². The van der Waals surface area contributed by atoms with Gasteiger partial charge in [-0.15, -0.1) is 11.3 Å². The third-order valence-electron chi connectivity index (χ3n) is 4.41. The van der Waals surface area contributed by atoms with Crippen LogP contribution in [0.25, 0.3) is 0 Å². The number of hydrogen-bond donors (Lipinski definition) is 2. The molecular formula is C20H36N6O2S. The van der Waals surface area contributed by atoms with Crippen LogP contribution in [0.1, 0.15) is 44.5 Å². The van der Waals surface area contributed by atoms with Crippen LogP contribution in [0.2, 0.25) is 0 Å².